The Balaban J connectivity index is 0.650. The summed E-state index contributed by atoms with van der Waals surface area (Å²) >= 11 is 3.80. The van der Waals surface area contributed by atoms with Crippen molar-refractivity contribution in [2.45, 2.75) is 0 Å². The Morgan fingerprint density at radius 2 is 0.462 bits per heavy atom. The van der Waals surface area contributed by atoms with E-state index >= 15 is 0 Å². The Morgan fingerprint density at radius 1 is 0.132 bits per heavy atom. The fraction of sp³-hybridized carbons (Fsp3) is 0. The topological polar surface area (TPSA) is 0 Å². The van der Waals surface area contributed by atoms with E-state index in [9.17, 15) is 0 Å². The van der Waals surface area contributed by atoms with E-state index in [1.807, 2.05) is 22.7 Å². The van der Waals surface area contributed by atoms with Gasteiger partial charge in [-0.15, -0.1) is 22.7 Å². The van der Waals surface area contributed by atoms with Gasteiger partial charge in [-0.3, -0.25) is 0 Å². The molecule has 490 valence electrons. The van der Waals surface area contributed by atoms with Crippen molar-refractivity contribution >= 4 is 149 Å². The van der Waals surface area contributed by atoms with Gasteiger partial charge in [0.05, 0.1) is 0 Å². The lowest BCUT2D eigenvalue weighted by Crippen LogP contribution is -1.92. The fourth-order valence-corrected chi connectivity index (χ4v) is 20.1. The minimum atomic E-state index is 1.18. The van der Waals surface area contributed by atoms with Crippen molar-refractivity contribution in [3.63, 3.8) is 0 Å². The molecular formula is C104H62S2. The summed E-state index contributed by atoms with van der Waals surface area (Å²) in [6, 6.07) is 142. The largest absolute Gasteiger partial charge is 0.135 e. The highest BCUT2D eigenvalue weighted by Crippen LogP contribution is 2.51. The maximum absolute atomic E-state index is 2.49. The SMILES string of the molecule is c1cc(-c2ccc3sc4cc5ccccc5cc4c3c2)cc(-c2c3ccccc3c(-c3ccc(-c4cccc5c(-c6cc(-c7cccc(-c8c9ccccc9c(-c9cccc(-c%10cccc%11ccccc%10%11)c9)c9ccccc89)c7)cc7c6sc6cc8ccccc8cc67)cccc45)cc3)c3ccccc23)c1. The molecule has 0 fully saturated rings. The molecule has 0 aliphatic rings. The maximum atomic E-state index is 2.49. The van der Waals surface area contributed by atoms with E-state index in [1.165, 1.54) is 227 Å². The Labute approximate surface area is 620 Å². The maximum Gasteiger partial charge on any atom is 0.0434 e. The highest BCUT2D eigenvalue weighted by Gasteiger charge is 2.23. The minimum Gasteiger partial charge on any atom is -0.135 e. The van der Waals surface area contributed by atoms with Crippen LogP contribution < -0.4 is 0 Å². The Bertz CT molecular complexity index is 7330. The lowest BCUT2D eigenvalue weighted by Gasteiger charge is -2.19. The van der Waals surface area contributed by atoms with Gasteiger partial charge in [0, 0.05) is 45.9 Å². The molecular weight excluding hydrogens is 1310 g/mol. The average molecular weight is 1380 g/mol. The smallest absolute Gasteiger partial charge is 0.0434 e. The summed E-state index contributed by atoms with van der Waals surface area (Å²) in [6.45, 7) is 0. The van der Waals surface area contributed by atoms with Gasteiger partial charge in [0.2, 0.25) is 0 Å². The van der Waals surface area contributed by atoms with Gasteiger partial charge in [0.25, 0.3) is 0 Å². The first kappa shape index (κ1) is 60.5. The molecule has 2 heteroatoms. The minimum absolute atomic E-state index is 1.18. The van der Waals surface area contributed by atoms with Crippen LogP contribution in [0, 0.1) is 0 Å². The summed E-state index contributed by atoms with van der Waals surface area (Å²) in [4.78, 5) is 0. The van der Waals surface area contributed by atoms with Crippen molar-refractivity contribution in [3.05, 3.63) is 376 Å². The van der Waals surface area contributed by atoms with E-state index in [2.05, 4.69) is 376 Å². The summed E-state index contributed by atoms with van der Waals surface area (Å²) in [7, 11) is 0. The third-order valence-corrected chi connectivity index (χ3v) is 24.9. The number of fused-ring (bicyclic) bond motifs is 14. The molecule has 0 aliphatic carbocycles. The van der Waals surface area contributed by atoms with Crippen LogP contribution in [-0.4, -0.2) is 0 Å². The average Bonchev–Trinajstić information content (AvgIpc) is 0.851. The third-order valence-electron chi connectivity index (χ3n) is 22.6. The van der Waals surface area contributed by atoms with E-state index in [0.29, 0.717) is 0 Å². The van der Waals surface area contributed by atoms with Crippen molar-refractivity contribution in [1.29, 1.82) is 0 Å². The third kappa shape index (κ3) is 9.73. The zero-order chi connectivity index (χ0) is 69.5. The second-order valence-corrected chi connectivity index (χ2v) is 30.6. The van der Waals surface area contributed by atoms with E-state index in [4.69, 9.17) is 0 Å². The summed E-state index contributed by atoms with van der Waals surface area (Å²) < 4.78 is 5.22. The molecule has 0 aliphatic heterocycles. The molecule has 0 saturated heterocycles. The molecule has 0 N–H and O–H groups in total. The lowest BCUT2D eigenvalue weighted by atomic mass is 9.84. The molecule has 22 rings (SSSR count). The first-order valence-electron chi connectivity index (χ1n) is 36.6. The molecule has 0 unspecified atom stereocenters. The summed E-state index contributed by atoms with van der Waals surface area (Å²) in [5.41, 5.74) is 21.9. The Hall–Kier alpha value is -13.1. The predicted octanol–water partition coefficient (Wildman–Crippen LogP) is 30.7. The van der Waals surface area contributed by atoms with Crippen LogP contribution in [0.15, 0.2) is 376 Å². The second-order valence-electron chi connectivity index (χ2n) is 28.4. The van der Waals surface area contributed by atoms with Gasteiger partial charge in [0.15, 0.2) is 0 Å². The van der Waals surface area contributed by atoms with E-state index in [1.54, 1.807) is 0 Å². The fourth-order valence-electron chi connectivity index (χ4n) is 17.7. The van der Waals surface area contributed by atoms with E-state index in [-0.39, 0.29) is 0 Å². The van der Waals surface area contributed by atoms with Crippen LogP contribution in [0.3, 0.4) is 0 Å². The quantitative estimate of drug-likeness (QED) is 0.126. The zero-order valence-corrected chi connectivity index (χ0v) is 59.2. The molecule has 0 saturated carbocycles. The molecule has 20 aromatic carbocycles. The van der Waals surface area contributed by atoms with Gasteiger partial charge in [-0.1, -0.05) is 309 Å². The van der Waals surface area contributed by atoms with Crippen molar-refractivity contribution in [3.8, 4) is 100 Å². The first-order valence-corrected chi connectivity index (χ1v) is 38.2. The molecule has 0 atom stereocenters. The van der Waals surface area contributed by atoms with Crippen molar-refractivity contribution in [2.24, 2.45) is 0 Å². The normalized spacial score (nSPS) is 12.0. The highest BCUT2D eigenvalue weighted by molar-refractivity contribution is 7.26. The first-order chi connectivity index (χ1) is 52.5. The van der Waals surface area contributed by atoms with Gasteiger partial charge >= 0.3 is 0 Å². The molecule has 2 heterocycles. The summed E-state index contributed by atoms with van der Waals surface area (Å²) in [5, 5.41) is 25.1. The lowest BCUT2D eigenvalue weighted by molar-refractivity contribution is 1.62. The Kier molecular flexibility index (Phi) is 13.9. The monoisotopic (exact) mass is 1370 g/mol. The summed E-state index contributed by atoms with van der Waals surface area (Å²) in [6.07, 6.45) is 0. The van der Waals surface area contributed by atoms with Gasteiger partial charge in [-0.05, 0) is 247 Å². The van der Waals surface area contributed by atoms with Gasteiger partial charge in [-0.25, -0.2) is 0 Å². The second kappa shape index (κ2) is 24.3. The predicted molar refractivity (Wildman–Crippen MR) is 461 cm³/mol. The Morgan fingerprint density at radius 3 is 1.01 bits per heavy atom. The van der Waals surface area contributed by atoms with E-state index in [0.717, 1.165) is 0 Å². The van der Waals surface area contributed by atoms with Crippen LogP contribution >= 0.6 is 22.7 Å². The molecule has 106 heavy (non-hydrogen) atoms. The van der Waals surface area contributed by atoms with Crippen LogP contribution in [0.5, 0.6) is 0 Å². The van der Waals surface area contributed by atoms with Gasteiger partial charge in [-0.2, -0.15) is 0 Å². The molecule has 0 amide bonds. The van der Waals surface area contributed by atoms with Crippen LogP contribution in [0.4, 0.5) is 0 Å². The van der Waals surface area contributed by atoms with Crippen molar-refractivity contribution in [1.82, 2.24) is 0 Å². The number of rotatable bonds is 9. The number of thiophene rings is 2. The molecule has 0 bridgehead atoms. The van der Waals surface area contributed by atoms with Crippen LogP contribution in [0.1, 0.15) is 0 Å². The van der Waals surface area contributed by atoms with Crippen molar-refractivity contribution < 1.29 is 0 Å². The molecule has 0 radical (unpaired) electrons. The van der Waals surface area contributed by atoms with Crippen LogP contribution in [-0.2, 0) is 0 Å². The van der Waals surface area contributed by atoms with Crippen LogP contribution in [0.25, 0.3) is 227 Å². The molecule has 0 spiro atoms. The summed E-state index contributed by atoms with van der Waals surface area (Å²) in [5.74, 6) is 0. The molecule has 22 aromatic rings. The number of benzene rings is 20. The number of hydrogen-bond donors (Lipinski definition) is 0. The standard InChI is InChI=1S/C104H62S2/c1-3-24-70-61-98-93(56-68(70)22-1)92-58-72(51-52-97(92)105-98)66-27-15-30-74(53-66)101-86-36-9-7-34-84(86)100(85-35-8-10-37-87(85)101)65-49-47-64(48-50-65)79-43-19-45-82-81(79)44-20-46-83(82)95-59-77(60-96-94-57-69-23-2-4-25-71(69)62-99(94)106-104(95)96)67-28-16-31-75(54-67)102-88-38-11-13-40-90(88)103(91-41-14-12-39-89(91)102)76-32-17-29-73(55-76)80-42-18-26-63-21-5-6-33-78(63)80/h1-62H. The highest BCUT2D eigenvalue weighted by atomic mass is 32.1. The van der Waals surface area contributed by atoms with Crippen molar-refractivity contribution in [2.75, 3.05) is 0 Å². The molecule has 2 aromatic heterocycles. The van der Waals surface area contributed by atoms with Gasteiger partial charge < -0.3 is 0 Å². The van der Waals surface area contributed by atoms with Crippen LogP contribution in [0.2, 0.25) is 0 Å². The van der Waals surface area contributed by atoms with E-state index < -0.39 is 0 Å². The molecule has 0 nitrogen and oxygen atoms in total. The van der Waals surface area contributed by atoms with Gasteiger partial charge in [0.1, 0.15) is 0 Å². The number of hydrogen-bond acceptors (Lipinski definition) is 2. The zero-order valence-electron chi connectivity index (χ0n) is 57.6.